The topological polar surface area (TPSA) is 61.5 Å². The van der Waals surface area contributed by atoms with E-state index in [1.54, 1.807) is 0 Å². The molecule has 1 saturated carbocycles. The number of aliphatic hydroxyl groups is 1. The van der Waals surface area contributed by atoms with Crippen molar-refractivity contribution in [1.82, 2.24) is 10.2 Å². The van der Waals surface area contributed by atoms with E-state index >= 15 is 0 Å². The molecule has 2 fully saturated rings. The highest BCUT2D eigenvalue weighted by molar-refractivity contribution is 4.87. The molecule has 2 atom stereocenters. The van der Waals surface area contributed by atoms with Crippen molar-refractivity contribution in [1.29, 1.82) is 0 Å². The minimum atomic E-state index is 0.317. The Bertz CT molecular complexity index is 217. The second kappa shape index (κ2) is 7.43. The highest BCUT2D eigenvalue weighted by Gasteiger charge is 2.28. The van der Waals surface area contributed by atoms with Crippen LogP contribution in [0.25, 0.3) is 0 Å². The number of piperidine rings is 1. The van der Waals surface area contributed by atoms with Gasteiger partial charge in [0.2, 0.25) is 0 Å². The van der Waals surface area contributed by atoms with E-state index in [0.29, 0.717) is 18.6 Å². The Morgan fingerprint density at radius 2 is 1.94 bits per heavy atom. The lowest BCUT2D eigenvalue weighted by Crippen LogP contribution is -2.52. The zero-order valence-corrected chi connectivity index (χ0v) is 11.5. The van der Waals surface area contributed by atoms with Crippen LogP contribution in [0, 0.1) is 5.92 Å². The molecule has 4 nitrogen and oxygen atoms in total. The lowest BCUT2D eigenvalue weighted by atomic mass is 9.91. The Morgan fingerprint density at radius 3 is 2.61 bits per heavy atom. The molecule has 106 valence electrons. The standard InChI is InChI=1S/C14H29N3O/c15-6-7-17-10-12(5-8-18)9-14(11-17)16-13-3-1-2-4-13/h12-14,16,18H,1-11,15H2. The highest BCUT2D eigenvalue weighted by atomic mass is 16.3. The SMILES string of the molecule is NCCN1CC(CCO)CC(NC2CCCC2)C1. The molecule has 2 unspecified atom stereocenters. The van der Waals surface area contributed by atoms with Crippen molar-refractivity contribution in [3.63, 3.8) is 0 Å². The number of hydrogen-bond donors (Lipinski definition) is 3. The van der Waals surface area contributed by atoms with E-state index in [2.05, 4.69) is 10.2 Å². The molecule has 0 amide bonds. The number of rotatable bonds is 6. The summed E-state index contributed by atoms with van der Waals surface area (Å²) in [7, 11) is 0. The third-order valence-corrected chi connectivity index (χ3v) is 4.42. The van der Waals surface area contributed by atoms with Crippen LogP contribution in [0.2, 0.25) is 0 Å². The first-order chi connectivity index (χ1) is 8.81. The van der Waals surface area contributed by atoms with Crippen LogP contribution in [0.5, 0.6) is 0 Å². The zero-order chi connectivity index (χ0) is 12.8. The van der Waals surface area contributed by atoms with E-state index < -0.39 is 0 Å². The fourth-order valence-electron chi connectivity index (χ4n) is 3.61. The molecule has 1 aliphatic heterocycles. The summed E-state index contributed by atoms with van der Waals surface area (Å²) in [6.07, 6.45) is 7.62. The van der Waals surface area contributed by atoms with Crippen LogP contribution in [0.1, 0.15) is 38.5 Å². The van der Waals surface area contributed by atoms with Crippen LogP contribution in [-0.4, -0.2) is 54.9 Å². The van der Waals surface area contributed by atoms with Gasteiger partial charge in [0.15, 0.2) is 0 Å². The Morgan fingerprint density at radius 1 is 1.17 bits per heavy atom. The number of likely N-dealkylation sites (tertiary alicyclic amines) is 1. The molecule has 0 spiro atoms. The second-order valence-corrected chi connectivity index (χ2v) is 6.01. The van der Waals surface area contributed by atoms with E-state index in [9.17, 15) is 0 Å². The largest absolute Gasteiger partial charge is 0.396 e. The molecule has 4 N–H and O–H groups in total. The number of nitrogens with zero attached hydrogens (tertiary/aromatic N) is 1. The summed E-state index contributed by atoms with van der Waals surface area (Å²) in [4.78, 5) is 2.47. The van der Waals surface area contributed by atoms with Crippen LogP contribution < -0.4 is 11.1 Å². The third kappa shape index (κ3) is 4.19. The van der Waals surface area contributed by atoms with Gasteiger partial charge in [-0.3, -0.25) is 0 Å². The van der Waals surface area contributed by atoms with Gasteiger partial charge in [0, 0.05) is 44.9 Å². The van der Waals surface area contributed by atoms with Gasteiger partial charge in [-0.15, -0.1) is 0 Å². The molecule has 0 radical (unpaired) electrons. The summed E-state index contributed by atoms with van der Waals surface area (Å²) in [5, 5.41) is 13.0. The van der Waals surface area contributed by atoms with Crippen molar-refractivity contribution in [3.8, 4) is 0 Å². The molecule has 2 aliphatic rings. The van der Waals surface area contributed by atoms with Gasteiger partial charge in [0.25, 0.3) is 0 Å². The maximum Gasteiger partial charge on any atom is 0.0434 e. The van der Waals surface area contributed by atoms with Gasteiger partial charge >= 0.3 is 0 Å². The zero-order valence-electron chi connectivity index (χ0n) is 11.5. The summed E-state index contributed by atoms with van der Waals surface area (Å²) in [5.74, 6) is 0.634. The average Bonchev–Trinajstić information content (AvgIpc) is 2.82. The minimum absolute atomic E-state index is 0.317. The molecule has 1 aliphatic carbocycles. The predicted octanol–water partition coefficient (Wildman–Crippen LogP) is 0.550. The van der Waals surface area contributed by atoms with Gasteiger partial charge in [-0.2, -0.15) is 0 Å². The molecule has 1 saturated heterocycles. The predicted molar refractivity (Wildman–Crippen MR) is 74.5 cm³/mol. The third-order valence-electron chi connectivity index (χ3n) is 4.42. The monoisotopic (exact) mass is 255 g/mol. The normalized spacial score (nSPS) is 31.0. The average molecular weight is 255 g/mol. The molecule has 2 rings (SSSR count). The van der Waals surface area contributed by atoms with E-state index in [0.717, 1.165) is 38.6 Å². The van der Waals surface area contributed by atoms with Crippen LogP contribution in [0.3, 0.4) is 0 Å². The van der Waals surface area contributed by atoms with Gasteiger partial charge in [0.1, 0.15) is 0 Å². The molecular weight excluding hydrogens is 226 g/mol. The lowest BCUT2D eigenvalue weighted by molar-refractivity contribution is 0.119. The first-order valence-electron chi connectivity index (χ1n) is 7.61. The Labute approximate surface area is 111 Å². The molecule has 0 aromatic carbocycles. The summed E-state index contributed by atoms with van der Waals surface area (Å²) in [6, 6.07) is 1.34. The summed E-state index contributed by atoms with van der Waals surface area (Å²) >= 11 is 0. The van der Waals surface area contributed by atoms with Crippen molar-refractivity contribution >= 4 is 0 Å². The molecule has 0 aromatic heterocycles. The molecular formula is C14H29N3O. The van der Waals surface area contributed by atoms with Gasteiger partial charge in [-0.1, -0.05) is 12.8 Å². The number of nitrogens with one attached hydrogen (secondary N) is 1. The van der Waals surface area contributed by atoms with Crippen LogP contribution >= 0.6 is 0 Å². The lowest BCUT2D eigenvalue weighted by Gasteiger charge is -2.39. The van der Waals surface area contributed by atoms with E-state index in [1.807, 2.05) is 0 Å². The molecule has 1 heterocycles. The molecule has 18 heavy (non-hydrogen) atoms. The Balaban J connectivity index is 1.83. The summed E-state index contributed by atoms with van der Waals surface area (Å²) in [5.41, 5.74) is 5.68. The first-order valence-corrected chi connectivity index (χ1v) is 7.61. The molecule has 4 heteroatoms. The number of aliphatic hydroxyl groups excluding tert-OH is 1. The maximum absolute atomic E-state index is 9.14. The number of nitrogens with two attached hydrogens (primary N) is 1. The smallest absolute Gasteiger partial charge is 0.0434 e. The van der Waals surface area contributed by atoms with Crippen molar-refractivity contribution in [3.05, 3.63) is 0 Å². The van der Waals surface area contributed by atoms with Crippen LogP contribution in [-0.2, 0) is 0 Å². The maximum atomic E-state index is 9.14. The summed E-state index contributed by atoms with van der Waals surface area (Å²) < 4.78 is 0. The molecule has 0 aromatic rings. The first kappa shape index (κ1) is 14.3. The minimum Gasteiger partial charge on any atom is -0.396 e. The molecule has 0 bridgehead atoms. The Kier molecular flexibility index (Phi) is 5.89. The fourth-order valence-corrected chi connectivity index (χ4v) is 3.61. The van der Waals surface area contributed by atoms with Crippen molar-refractivity contribution in [2.24, 2.45) is 11.7 Å². The van der Waals surface area contributed by atoms with E-state index in [-0.39, 0.29) is 0 Å². The van der Waals surface area contributed by atoms with E-state index in [4.69, 9.17) is 10.8 Å². The van der Waals surface area contributed by atoms with Crippen LogP contribution in [0.15, 0.2) is 0 Å². The van der Waals surface area contributed by atoms with Gasteiger partial charge in [-0.25, -0.2) is 0 Å². The van der Waals surface area contributed by atoms with Crippen molar-refractivity contribution in [2.75, 3.05) is 32.8 Å². The number of hydrogen-bond acceptors (Lipinski definition) is 4. The van der Waals surface area contributed by atoms with E-state index in [1.165, 1.54) is 32.1 Å². The quantitative estimate of drug-likeness (QED) is 0.649. The van der Waals surface area contributed by atoms with Crippen molar-refractivity contribution < 1.29 is 5.11 Å². The fraction of sp³-hybridized carbons (Fsp3) is 1.00. The van der Waals surface area contributed by atoms with Gasteiger partial charge in [-0.05, 0) is 31.6 Å². The van der Waals surface area contributed by atoms with Gasteiger partial charge in [0.05, 0.1) is 0 Å². The second-order valence-electron chi connectivity index (χ2n) is 6.01. The van der Waals surface area contributed by atoms with Crippen LogP contribution in [0.4, 0.5) is 0 Å². The summed E-state index contributed by atoms with van der Waals surface area (Å²) in [6.45, 7) is 4.29. The Hall–Kier alpha value is -0.160. The highest BCUT2D eigenvalue weighted by Crippen LogP contribution is 2.23. The van der Waals surface area contributed by atoms with Gasteiger partial charge < -0.3 is 21.1 Å². The van der Waals surface area contributed by atoms with Crippen molar-refractivity contribution in [2.45, 2.75) is 50.6 Å².